The van der Waals surface area contributed by atoms with E-state index in [2.05, 4.69) is 10.0 Å². The number of furan rings is 1. The number of para-hydroxylation sites is 1. The predicted molar refractivity (Wildman–Crippen MR) is 114 cm³/mol. The number of amides is 1. The van der Waals surface area contributed by atoms with Crippen LogP contribution in [0.1, 0.15) is 24.2 Å². The van der Waals surface area contributed by atoms with Gasteiger partial charge in [-0.3, -0.25) is 4.79 Å². The van der Waals surface area contributed by atoms with Gasteiger partial charge >= 0.3 is 0 Å². The van der Waals surface area contributed by atoms with Gasteiger partial charge in [0, 0.05) is 34.1 Å². The van der Waals surface area contributed by atoms with Crippen LogP contribution in [0.4, 0.5) is 5.69 Å². The summed E-state index contributed by atoms with van der Waals surface area (Å²) in [6.07, 6.45) is 0. The van der Waals surface area contributed by atoms with Crippen molar-refractivity contribution in [2.75, 3.05) is 5.32 Å². The number of fused-ring (bicyclic) bond motifs is 3. The lowest BCUT2D eigenvalue weighted by Gasteiger charge is -2.10. The lowest BCUT2D eigenvalue weighted by molar-refractivity contribution is 0.102. The number of sulfonamides is 1. The molecule has 0 spiro atoms. The van der Waals surface area contributed by atoms with E-state index in [1.54, 1.807) is 19.9 Å². The van der Waals surface area contributed by atoms with Gasteiger partial charge in [0.05, 0.1) is 4.90 Å². The fraction of sp³-hybridized carbons (Fsp3) is 0.136. The Balaban J connectivity index is 1.55. The zero-order chi connectivity index (χ0) is 20.6. The molecule has 4 rings (SSSR count). The number of benzene rings is 3. The van der Waals surface area contributed by atoms with Crippen LogP contribution in [-0.2, 0) is 10.0 Å². The number of carbonyl (C=O) groups excluding carboxylic acids is 1. The Morgan fingerprint density at radius 2 is 1.59 bits per heavy atom. The second kappa shape index (κ2) is 7.35. The highest BCUT2D eigenvalue weighted by Crippen LogP contribution is 2.30. The van der Waals surface area contributed by atoms with Gasteiger partial charge in [-0.25, -0.2) is 13.1 Å². The Kier molecular flexibility index (Phi) is 4.86. The van der Waals surface area contributed by atoms with Crippen molar-refractivity contribution in [2.45, 2.75) is 24.8 Å². The van der Waals surface area contributed by atoms with Crippen LogP contribution in [0.3, 0.4) is 0 Å². The minimum atomic E-state index is -3.59. The molecular formula is C22H20N2O4S. The molecule has 1 aromatic heterocycles. The number of nitrogens with one attached hydrogen (secondary N) is 2. The molecule has 0 radical (unpaired) electrons. The van der Waals surface area contributed by atoms with E-state index in [4.69, 9.17) is 4.42 Å². The van der Waals surface area contributed by atoms with E-state index in [1.807, 2.05) is 36.4 Å². The van der Waals surface area contributed by atoms with Gasteiger partial charge in [-0.1, -0.05) is 18.2 Å². The van der Waals surface area contributed by atoms with E-state index < -0.39 is 10.0 Å². The molecule has 1 amide bonds. The van der Waals surface area contributed by atoms with Crippen LogP contribution in [-0.4, -0.2) is 20.4 Å². The summed E-state index contributed by atoms with van der Waals surface area (Å²) in [7, 11) is -3.59. The van der Waals surface area contributed by atoms with Crippen molar-refractivity contribution in [1.82, 2.24) is 4.72 Å². The highest BCUT2D eigenvalue weighted by atomic mass is 32.2. The molecule has 2 N–H and O–H groups in total. The van der Waals surface area contributed by atoms with E-state index in [-0.39, 0.29) is 16.8 Å². The Hall–Kier alpha value is -3.16. The topological polar surface area (TPSA) is 88.4 Å². The van der Waals surface area contributed by atoms with E-state index in [1.165, 1.54) is 24.3 Å². The summed E-state index contributed by atoms with van der Waals surface area (Å²) in [6.45, 7) is 3.50. The van der Waals surface area contributed by atoms with Gasteiger partial charge in [0.25, 0.3) is 5.91 Å². The van der Waals surface area contributed by atoms with Crippen LogP contribution in [0.15, 0.2) is 76.0 Å². The summed E-state index contributed by atoms with van der Waals surface area (Å²) in [5, 5.41) is 4.82. The molecule has 148 valence electrons. The average Bonchev–Trinajstić information content (AvgIpc) is 3.05. The Morgan fingerprint density at radius 3 is 2.31 bits per heavy atom. The first-order valence-electron chi connectivity index (χ1n) is 9.18. The van der Waals surface area contributed by atoms with E-state index in [0.717, 1.165) is 16.4 Å². The quantitative estimate of drug-likeness (QED) is 0.508. The summed E-state index contributed by atoms with van der Waals surface area (Å²) < 4.78 is 32.7. The zero-order valence-electron chi connectivity index (χ0n) is 16.0. The molecule has 7 heteroatoms. The Morgan fingerprint density at radius 1 is 0.897 bits per heavy atom. The molecule has 4 aromatic rings. The second-order valence-corrected chi connectivity index (χ2v) is 8.78. The zero-order valence-corrected chi connectivity index (χ0v) is 16.8. The third-order valence-corrected chi connectivity index (χ3v) is 6.13. The van der Waals surface area contributed by atoms with Crippen molar-refractivity contribution in [3.8, 4) is 0 Å². The third-order valence-electron chi connectivity index (χ3n) is 4.45. The maximum absolute atomic E-state index is 12.6. The molecule has 0 aliphatic heterocycles. The van der Waals surface area contributed by atoms with E-state index >= 15 is 0 Å². The Labute approximate surface area is 168 Å². The van der Waals surface area contributed by atoms with Crippen molar-refractivity contribution >= 4 is 43.6 Å². The molecule has 0 saturated carbocycles. The lowest BCUT2D eigenvalue weighted by atomic mass is 10.1. The standard InChI is InChI=1S/C22H20N2O4S/c1-14(2)24-29(26,27)17-10-7-15(8-11-17)22(25)23-16-9-12-19-18-5-3-4-6-20(18)28-21(19)13-16/h3-14,24H,1-2H3,(H,23,25). The number of hydrogen-bond donors (Lipinski definition) is 2. The van der Waals surface area contributed by atoms with Crippen LogP contribution in [0.2, 0.25) is 0 Å². The van der Waals surface area contributed by atoms with Gasteiger partial charge in [-0.2, -0.15) is 0 Å². The minimum absolute atomic E-state index is 0.117. The summed E-state index contributed by atoms with van der Waals surface area (Å²) in [4.78, 5) is 12.7. The molecule has 0 aliphatic carbocycles. The molecule has 0 atom stereocenters. The lowest BCUT2D eigenvalue weighted by Crippen LogP contribution is -2.30. The van der Waals surface area contributed by atoms with Gasteiger partial charge in [0.2, 0.25) is 10.0 Å². The highest BCUT2D eigenvalue weighted by molar-refractivity contribution is 7.89. The maximum Gasteiger partial charge on any atom is 0.255 e. The first-order valence-corrected chi connectivity index (χ1v) is 10.7. The molecular weight excluding hydrogens is 388 g/mol. The number of rotatable bonds is 5. The van der Waals surface area contributed by atoms with Crippen LogP contribution < -0.4 is 10.0 Å². The van der Waals surface area contributed by atoms with Gasteiger partial charge in [0.15, 0.2) is 0 Å². The van der Waals surface area contributed by atoms with E-state index in [0.29, 0.717) is 16.8 Å². The van der Waals surface area contributed by atoms with Crippen LogP contribution in [0.5, 0.6) is 0 Å². The molecule has 6 nitrogen and oxygen atoms in total. The first kappa shape index (κ1) is 19.2. The van der Waals surface area contributed by atoms with Crippen molar-refractivity contribution in [3.63, 3.8) is 0 Å². The van der Waals surface area contributed by atoms with E-state index in [9.17, 15) is 13.2 Å². The molecule has 29 heavy (non-hydrogen) atoms. The molecule has 0 fully saturated rings. The van der Waals surface area contributed by atoms with Gasteiger partial charge in [-0.15, -0.1) is 0 Å². The van der Waals surface area contributed by atoms with Crippen molar-refractivity contribution in [2.24, 2.45) is 0 Å². The second-order valence-electron chi connectivity index (χ2n) is 7.06. The fourth-order valence-electron chi connectivity index (χ4n) is 3.17. The smallest absolute Gasteiger partial charge is 0.255 e. The van der Waals surface area contributed by atoms with Gasteiger partial charge in [-0.05, 0) is 56.3 Å². The van der Waals surface area contributed by atoms with Crippen molar-refractivity contribution in [3.05, 3.63) is 72.3 Å². The number of carbonyl (C=O) groups is 1. The van der Waals surface area contributed by atoms with Gasteiger partial charge < -0.3 is 9.73 Å². The average molecular weight is 408 g/mol. The maximum atomic E-state index is 12.6. The van der Waals surface area contributed by atoms with Crippen LogP contribution in [0, 0.1) is 0 Å². The van der Waals surface area contributed by atoms with Crippen molar-refractivity contribution in [1.29, 1.82) is 0 Å². The molecule has 1 heterocycles. The number of anilines is 1. The predicted octanol–water partition coefficient (Wildman–Crippen LogP) is 4.53. The minimum Gasteiger partial charge on any atom is -0.456 e. The molecule has 0 aliphatic rings. The summed E-state index contributed by atoms with van der Waals surface area (Å²) in [5.74, 6) is -0.332. The fourth-order valence-corrected chi connectivity index (χ4v) is 4.42. The third kappa shape index (κ3) is 3.87. The highest BCUT2D eigenvalue weighted by Gasteiger charge is 2.16. The molecule has 3 aromatic carbocycles. The monoisotopic (exact) mass is 408 g/mol. The SMILES string of the molecule is CC(C)NS(=O)(=O)c1ccc(C(=O)Nc2ccc3c(c2)oc2ccccc23)cc1. The number of hydrogen-bond acceptors (Lipinski definition) is 4. The first-order chi connectivity index (χ1) is 13.8. The Bertz CT molecular complexity index is 1310. The molecule has 0 saturated heterocycles. The van der Waals surface area contributed by atoms with Crippen LogP contribution in [0.25, 0.3) is 21.9 Å². The molecule has 0 bridgehead atoms. The van der Waals surface area contributed by atoms with Crippen molar-refractivity contribution < 1.29 is 17.6 Å². The van der Waals surface area contributed by atoms with Crippen LogP contribution >= 0.6 is 0 Å². The molecule has 0 unspecified atom stereocenters. The largest absolute Gasteiger partial charge is 0.456 e. The summed E-state index contributed by atoms with van der Waals surface area (Å²) in [6, 6.07) is 18.9. The normalized spacial score (nSPS) is 12.0. The summed E-state index contributed by atoms with van der Waals surface area (Å²) >= 11 is 0. The summed E-state index contributed by atoms with van der Waals surface area (Å²) in [5.41, 5.74) is 2.43. The van der Waals surface area contributed by atoms with Gasteiger partial charge in [0.1, 0.15) is 11.2 Å².